The molecule has 1 aliphatic heterocycles. The number of likely N-dealkylation sites (tertiary alicyclic amines) is 1. The maximum absolute atomic E-state index is 12.1. The highest BCUT2D eigenvalue weighted by Crippen LogP contribution is 2.17. The molecule has 0 radical (unpaired) electrons. The zero-order valence-electron chi connectivity index (χ0n) is 11.1. The Bertz CT molecular complexity index is 474. The van der Waals surface area contributed by atoms with Crippen LogP contribution in [0, 0.1) is 6.92 Å². The number of hydrogen-bond donors (Lipinski definition) is 2. The minimum atomic E-state index is -0.361. The molecule has 3 amide bonds. The van der Waals surface area contributed by atoms with Crippen molar-refractivity contribution in [3.8, 4) is 0 Å². The average Bonchev–Trinajstić information content (AvgIpc) is 3.03. The fraction of sp³-hybridized carbons (Fsp3) is 0.583. The Morgan fingerprint density at radius 2 is 2.37 bits per heavy atom. The third-order valence-corrected chi connectivity index (χ3v) is 3.96. The van der Waals surface area contributed by atoms with Crippen molar-refractivity contribution in [1.82, 2.24) is 20.5 Å². The van der Waals surface area contributed by atoms with Crippen LogP contribution in [-0.4, -0.2) is 41.5 Å². The summed E-state index contributed by atoms with van der Waals surface area (Å²) in [4.78, 5) is 29.6. The lowest BCUT2D eigenvalue weighted by Crippen LogP contribution is -2.48. The van der Waals surface area contributed by atoms with Gasteiger partial charge in [-0.2, -0.15) is 0 Å². The summed E-state index contributed by atoms with van der Waals surface area (Å²) < 4.78 is 0. The first-order valence-electron chi connectivity index (χ1n) is 6.29. The number of aryl methyl sites for hydroxylation is 1. The highest BCUT2D eigenvalue weighted by molar-refractivity contribution is 7.09. The summed E-state index contributed by atoms with van der Waals surface area (Å²) in [7, 11) is 1.58. The standard InChI is InChI=1S/C12H18N4O2S/c1-8-15-9(7-19-8)6-14-11(17)10-4-3-5-16(10)12(18)13-2/h7,10H,3-6H2,1-2H3,(H,13,18)(H,14,17). The summed E-state index contributed by atoms with van der Waals surface area (Å²) in [6.45, 7) is 2.98. The molecular weight excluding hydrogens is 264 g/mol. The van der Waals surface area contributed by atoms with Crippen molar-refractivity contribution in [2.24, 2.45) is 0 Å². The summed E-state index contributed by atoms with van der Waals surface area (Å²) in [5.41, 5.74) is 0.861. The van der Waals surface area contributed by atoms with Crippen molar-refractivity contribution in [3.63, 3.8) is 0 Å². The van der Waals surface area contributed by atoms with E-state index < -0.39 is 0 Å². The molecule has 1 fully saturated rings. The summed E-state index contributed by atoms with van der Waals surface area (Å²) in [5, 5.41) is 8.33. The second-order valence-electron chi connectivity index (χ2n) is 4.48. The molecule has 6 nitrogen and oxygen atoms in total. The number of carbonyl (C=O) groups excluding carboxylic acids is 2. The number of rotatable bonds is 3. The van der Waals surface area contributed by atoms with Crippen molar-refractivity contribution in [2.75, 3.05) is 13.6 Å². The first kappa shape index (κ1) is 13.8. The normalized spacial score (nSPS) is 18.4. The summed E-state index contributed by atoms with van der Waals surface area (Å²) >= 11 is 1.56. The van der Waals surface area contributed by atoms with Crippen LogP contribution in [0.4, 0.5) is 4.79 Å². The van der Waals surface area contributed by atoms with Crippen molar-refractivity contribution >= 4 is 23.3 Å². The maximum Gasteiger partial charge on any atom is 0.317 e. The van der Waals surface area contributed by atoms with Gasteiger partial charge >= 0.3 is 6.03 Å². The van der Waals surface area contributed by atoms with E-state index in [1.807, 2.05) is 12.3 Å². The molecule has 2 N–H and O–H groups in total. The van der Waals surface area contributed by atoms with Gasteiger partial charge in [0.15, 0.2) is 0 Å². The Hall–Kier alpha value is -1.63. The number of urea groups is 1. The molecule has 0 aromatic carbocycles. The lowest BCUT2D eigenvalue weighted by Gasteiger charge is -2.23. The topological polar surface area (TPSA) is 74.3 Å². The maximum atomic E-state index is 12.1. The van der Waals surface area contributed by atoms with Crippen LogP contribution in [0.5, 0.6) is 0 Å². The van der Waals surface area contributed by atoms with E-state index in [2.05, 4.69) is 15.6 Å². The lowest BCUT2D eigenvalue weighted by molar-refractivity contribution is -0.124. The van der Waals surface area contributed by atoms with Gasteiger partial charge in [0.05, 0.1) is 17.2 Å². The molecule has 1 aromatic rings. The quantitative estimate of drug-likeness (QED) is 0.864. The van der Waals surface area contributed by atoms with Gasteiger partial charge in [0.1, 0.15) is 6.04 Å². The number of nitrogens with zero attached hydrogens (tertiary/aromatic N) is 2. The van der Waals surface area contributed by atoms with Crippen molar-refractivity contribution in [3.05, 3.63) is 16.1 Å². The van der Waals surface area contributed by atoms with Gasteiger partial charge in [-0.15, -0.1) is 11.3 Å². The minimum Gasteiger partial charge on any atom is -0.349 e. The van der Waals surface area contributed by atoms with Crippen molar-refractivity contribution in [2.45, 2.75) is 32.4 Å². The van der Waals surface area contributed by atoms with E-state index in [9.17, 15) is 9.59 Å². The highest BCUT2D eigenvalue weighted by atomic mass is 32.1. The van der Waals surface area contributed by atoms with Gasteiger partial charge < -0.3 is 15.5 Å². The molecule has 1 atom stereocenters. The Morgan fingerprint density at radius 1 is 1.58 bits per heavy atom. The second kappa shape index (κ2) is 6.01. The van der Waals surface area contributed by atoms with Crippen LogP contribution in [0.3, 0.4) is 0 Å². The number of thiazole rings is 1. The minimum absolute atomic E-state index is 0.105. The zero-order chi connectivity index (χ0) is 13.8. The Morgan fingerprint density at radius 3 is 3.00 bits per heavy atom. The SMILES string of the molecule is CNC(=O)N1CCCC1C(=O)NCc1csc(C)n1. The fourth-order valence-electron chi connectivity index (χ4n) is 2.21. The monoisotopic (exact) mass is 282 g/mol. The van der Waals surface area contributed by atoms with E-state index in [4.69, 9.17) is 0 Å². The third-order valence-electron chi connectivity index (χ3n) is 3.14. The molecule has 0 saturated carbocycles. The van der Waals surface area contributed by atoms with E-state index in [1.165, 1.54) is 0 Å². The molecule has 0 bridgehead atoms. The van der Waals surface area contributed by atoms with Gasteiger partial charge in [-0.1, -0.05) is 0 Å². The first-order valence-corrected chi connectivity index (χ1v) is 7.17. The summed E-state index contributed by atoms with van der Waals surface area (Å²) in [6.07, 6.45) is 1.58. The largest absolute Gasteiger partial charge is 0.349 e. The van der Waals surface area contributed by atoms with Crippen LogP contribution < -0.4 is 10.6 Å². The molecule has 1 saturated heterocycles. The number of amides is 3. The van der Waals surface area contributed by atoms with Gasteiger partial charge in [-0.25, -0.2) is 9.78 Å². The number of nitrogens with one attached hydrogen (secondary N) is 2. The molecular formula is C12H18N4O2S. The summed E-state index contributed by atoms with van der Waals surface area (Å²) in [6, 6.07) is -0.554. The predicted octanol–water partition coefficient (Wildman–Crippen LogP) is 0.872. The van der Waals surface area contributed by atoms with Crippen molar-refractivity contribution in [1.29, 1.82) is 0 Å². The van der Waals surface area contributed by atoms with E-state index in [0.29, 0.717) is 13.1 Å². The van der Waals surface area contributed by atoms with E-state index in [-0.39, 0.29) is 18.0 Å². The molecule has 2 rings (SSSR count). The third kappa shape index (κ3) is 3.23. The fourth-order valence-corrected chi connectivity index (χ4v) is 2.82. The molecule has 0 spiro atoms. The Labute approximate surface area is 116 Å². The Balaban J connectivity index is 1.90. The van der Waals surface area contributed by atoms with Crippen LogP contribution in [-0.2, 0) is 11.3 Å². The van der Waals surface area contributed by atoms with Crippen molar-refractivity contribution < 1.29 is 9.59 Å². The van der Waals surface area contributed by atoms with Gasteiger partial charge in [0.2, 0.25) is 5.91 Å². The van der Waals surface area contributed by atoms with Crippen LogP contribution in [0.15, 0.2) is 5.38 Å². The van der Waals surface area contributed by atoms with Crippen LogP contribution in [0.1, 0.15) is 23.5 Å². The second-order valence-corrected chi connectivity index (χ2v) is 5.54. The molecule has 1 unspecified atom stereocenters. The van der Waals surface area contributed by atoms with E-state index in [0.717, 1.165) is 23.5 Å². The van der Waals surface area contributed by atoms with Gasteiger partial charge in [0.25, 0.3) is 0 Å². The van der Waals surface area contributed by atoms with Crippen LogP contribution in [0.25, 0.3) is 0 Å². The lowest BCUT2D eigenvalue weighted by atomic mass is 10.2. The average molecular weight is 282 g/mol. The predicted molar refractivity (Wildman–Crippen MR) is 72.9 cm³/mol. The molecule has 1 aliphatic rings. The van der Waals surface area contributed by atoms with Gasteiger partial charge in [0, 0.05) is 19.0 Å². The molecule has 19 heavy (non-hydrogen) atoms. The molecule has 1 aromatic heterocycles. The Kier molecular flexibility index (Phi) is 4.36. The molecule has 0 aliphatic carbocycles. The zero-order valence-corrected chi connectivity index (χ0v) is 11.9. The van der Waals surface area contributed by atoms with E-state index in [1.54, 1.807) is 23.3 Å². The highest BCUT2D eigenvalue weighted by Gasteiger charge is 2.33. The number of carbonyl (C=O) groups is 2. The van der Waals surface area contributed by atoms with Gasteiger partial charge in [-0.3, -0.25) is 4.79 Å². The molecule has 2 heterocycles. The molecule has 104 valence electrons. The smallest absolute Gasteiger partial charge is 0.317 e. The molecule has 7 heteroatoms. The van der Waals surface area contributed by atoms with Crippen LogP contribution >= 0.6 is 11.3 Å². The number of aromatic nitrogens is 1. The summed E-state index contributed by atoms with van der Waals surface area (Å²) in [5.74, 6) is -0.105. The van der Waals surface area contributed by atoms with E-state index >= 15 is 0 Å². The number of hydrogen-bond acceptors (Lipinski definition) is 4. The first-order chi connectivity index (χ1) is 9.11. The van der Waals surface area contributed by atoms with Gasteiger partial charge in [-0.05, 0) is 19.8 Å². The van der Waals surface area contributed by atoms with Crippen LogP contribution in [0.2, 0.25) is 0 Å².